The van der Waals surface area contributed by atoms with Crippen LogP contribution in [0, 0.1) is 5.92 Å². The van der Waals surface area contributed by atoms with Gasteiger partial charge in [0.15, 0.2) is 5.96 Å². The molecule has 0 saturated heterocycles. The Morgan fingerprint density at radius 2 is 1.75 bits per heavy atom. The first-order valence-corrected chi connectivity index (χ1v) is 8.97. The van der Waals surface area contributed by atoms with E-state index in [2.05, 4.69) is 20.9 Å². The summed E-state index contributed by atoms with van der Waals surface area (Å²) in [7, 11) is 0. The molecular weight excluding hydrogens is 370 g/mol. The predicted octanol–water partition coefficient (Wildman–Crippen LogP) is -2.78. The molecule has 12 nitrogen and oxygen atoms in total. The molecule has 0 rings (SSSR count). The Kier molecular flexibility index (Phi) is 11.9. The summed E-state index contributed by atoms with van der Waals surface area (Å²) in [6, 6.07) is -1.89. The van der Waals surface area contributed by atoms with Crippen molar-refractivity contribution in [3.63, 3.8) is 0 Å². The molecule has 0 aliphatic carbocycles. The predicted molar refractivity (Wildman–Crippen MR) is 103 cm³/mol. The number of carbonyl (C=O) groups excluding carboxylic acids is 3. The molecule has 0 saturated carbocycles. The van der Waals surface area contributed by atoms with Crippen molar-refractivity contribution in [1.82, 2.24) is 16.0 Å². The first kappa shape index (κ1) is 25.1. The molecular formula is C16H31N7O5. The Morgan fingerprint density at radius 1 is 1.11 bits per heavy atom. The highest BCUT2D eigenvalue weighted by molar-refractivity contribution is 5.93. The van der Waals surface area contributed by atoms with E-state index in [0.29, 0.717) is 12.8 Å². The van der Waals surface area contributed by atoms with E-state index in [-0.39, 0.29) is 31.4 Å². The van der Waals surface area contributed by atoms with Crippen LogP contribution in [0.15, 0.2) is 4.99 Å². The van der Waals surface area contributed by atoms with Crippen molar-refractivity contribution >= 4 is 29.7 Å². The number of guanidine groups is 1. The maximum absolute atomic E-state index is 12.7. The highest BCUT2D eigenvalue weighted by atomic mass is 16.4. The minimum Gasteiger partial charge on any atom is -0.480 e. The van der Waals surface area contributed by atoms with Crippen molar-refractivity contribution in [2.24, 2.45) is 28.1 Å². The number of aliphatic imine (C=N–C) groups is 1. The highest BCUT2D eigenvalue weighted by Gasteiger charge is 2.29. The number of carbonyl (C=O) groups is 4. The molecule has 0 aromatic rings. The number of hydrogen-bond acceptors (Lipinski definition) is 6. The lowest BCUT2D eigenvalue weighted by Crippen LogP contribution is -2.56. The molecule has 0 spiro atoms. The summed E-state index contributed by atoms with van der Waals surface area (Å²) in [6.45, 7) is 3.00. The molecule has 0 radical (unpaired) electrons. The molecule has 0 aliphatic heterocycles. The van der Waals surface area contributed by atoms with E-state index in [4.69, 9.17) is 22.3 Å². The van der Waals surface area contributed by atoms with Gasteiger partial charge in [-0.25, -0.2) is 0 Å². The van der Waals surface area contributed by atoms with Crippen molar-refractivity contribution in [2.45, 2.75) is 45.2 Å². The Morgan fingerprint density at radius 3 is 2.25 bits per heavy atom. The zero-order valence-electron chi connectivity index (χ0n) is 16.2. The Labute approximate surface area is 163 Å². The lowest BCUT2D eigenvalue weighted by atomic mass is 9.97. The van der Waals surface area contributed by atoms with Crippen LogP contribution in [0.4, 0.5) is 0 Å². The average Bonchev–Trinajstić information content (AvgIpc) is 2.65. The fourth-order valence-corrected chi connectivity index (χ4v) is 2.25. The van der Waals surface area contributed by atoms with E-state index in [1.165, 1.54) is 0 Å². The number of hydrogen-bond donors (Lipinski definition) is 7. The molecule has 12 heteroatoms. The molecule has 3 amide bonds. The van der Waals surface area contributed by atoms with Crippen LogP contribution in [0.1, 0.15) is 33.1 Å². The molecule has 0 bridgehead atoms. The van der Waals surface area contributed by atoms with Crippen molar-refractivity contribution < 1.29 is 24.3 Å². The molecule has 0 fully saturated rings. The average molecular weight is 401 g/mol. The Hall–Kier alpha value is -2.89. The molecule has 0 heterocycles. The van der Waals surface area contributed by atoms with Gasteiger partial charge in [0.1, 0.15) is 18.6 Å². The number of nitrogens with zero attached hydrogens (tertiary/aromatic N) is 1. The zero-order valence-corrected chi connectivity index (χ0v) is 16.2. The largest absolute Gasteiger partial charge is 0.480 e. The van der Waals surface area contributed by atoms with Gasteiger partial charge in [0.2, 0.25) is 17.7 Å². The summed E-state index contributed by atoms with van der Waals surface area (Å²) in [6.07, 6.45) is 1.14. The first-order valence-electron chi connectivity index (χ1n) is 8.97. The monoisotopic (exact) mass is 401 g/mol. The van der Waals surface area contributed by atoms with Gasteiger partial charge in [-0.15, -0.1) is 0 Å². The van der Waals surface area contributed by atoms with Crippen LogP contribution in [-0.2, 0) is 19.2 Å². The summed E-state index contributed by atoms with van der Waals surface area (Å²) in [4.78, 5) is 51.0. The van der Waals surface area contributed by atoms with Crippen LogP contribution in [0.25, 0.3) is 0 Å². The highest BCUT2D eigenvalue weighted by Crippen LogP contribution is 2.09. The third kappa shape index (κ3) is 10.3. The van der Waals surface area contributed by atoms with E-state index in [9.17, 15) is 19.2 Å². The standard InChI is InChI=1S/C16H31N7O5/c1-3-9(2)13(23-11(24)7-17)15(28)22-10(5-4-6-20-16(18)19)14(27)21-8-12(25)26/h9-10,13H,3-8,17H2,1-2H3,(H,21,27)(H,22,28)(H,23,24)(H,25,26)(H4,18,19,20). The minimum atomic E-state index is -1.22. The Bertz CT molecular complexity index is 578. The molecule has 28 heavy (non-hydrogen) atoms. The normalized spacial score (nSPS) is 13.5. The van der Waals surface area contributed by atoms with Gasteiger partial charge in [0.05, 0.1) is 6.54 Å². The summed E-state index contributed by atoms with van der Waals surface area (Å²) in [5, 5.41) is 16.0. The number of nitrogens with two attached hydrogens (primary N) is 3. The van der Waals surface area contributed by atoms with Gasteiger partial charge in [-0.3, -0.25) is 24.2 Å². The number of carboxylic acids is 1. The van der Waals surface area contributed by atoms with Gasteiger partial charge in [0.25, 0.3) is 0 Å². The van der Waals surface area contributed by atoms with Crippen molar-refractivity contribution in [2.75, 3.05) is 19.6 Å². The second kappa shape index (κ2) is 13.3. The molecule has 3 unspecified atom stereocenters. The quantitative estimate of drug-likeness (QED) is 0.0970. The molecule has 3 atom stereocenters. The lowest BCUT2D eigenvalue weighted by Gasteiger charge is -2.26. The second-order valence-electron chi connectivity index (χ2n) is 6.26. The van der Waals surface area contributed by atoms with Gasteiger partial charge >= 0.3 is 5.97 Å². The number of nitrogens with one attached hydrogen (secondary N) is 3. The van der Waals surface area contributed by atoms with Crippen molar-refractivity contribution in [1.29, 1.82) is 0 Å². The van der Waals surface area contributed by atoms with E-state index in [1.807, 2.05) is 6.92 Å². The maximum atomic E-state index is 12.7. The lowest BCUT2D eigenvalue weighted by molar-refractivity contribution is -0.138. The van der Waals surface area contributed by atoms with Crippen LogP contribution < -0.4 is 33.2 Å². The van der Waals surface area contributed by atoms with Crippen LogP contribution in [-0.4, -0.2) is 66.5 Å². The summed E-state index contributed by atoms with van der Waals surface area (Å²) < 4.78 is 0. The van der Waals surface area contributed by atoms with E-state index < -0.39 is 42.3 Å². The number of amides is 3. The maximum Gasteiger partial charge on any atom is 0.322 e. The molecule has 160 valence electrons. The molecule has 0 aromatic carbocycles. The van der Waals surface area contributed by atoms with Gasteiger partial charge < -0.3 is 38.3 Å². The smallest absolute Gasteiger partial charge is 0.322 e. The van der Waals surface area contributed by atoms with E-state index in [1.54, 1.807) is 6.92 Å². The molecule has 0 aliphatic rings. The van der Waals surface area contributed by atoms with Crippen molar-refractivity contribution in [3.05, 3.63) is 0 Å². The van der Waals surface area contributed by atoms with Crippen molar-refractivity contribution in [3.8, 4) is 0 Å². The van der Waals surface area contributed by atoms with Gasteiger partial charge in [-0.2, -0.15) is 0 Å². The number of carboxylic acid groups (broad SMARTS) is 1. The summed E-state index contributed by atoms with van der Waals surface area (Å²) in [5.74, 6) is -3.24. The topological polar surface area (TPSA) is 215 Å². The second-order valence-corrected chi connectivity index (χ2v) is 6.26. The SMILES string of the molecule is CCC(C)C(NC(=O)CN)C(=O)NC(CCCN=C(N)N)C(=O)NCC(=O)O. The fraction of sp³-hybridized carbons (Fsp3) is 0.688. The zero-order chi connectivity index (χ0) is 21.7. The van der Waals surface area contributed by atoms with Crippen LogP contribution in [0.3, 0.4) is 0 Å². The van der Waals surface area contributed by atoms with E-state index in [0.717, 1.165) is 0 Å². The summed E-state index contributed by atoms with van der Waals surface area (Å²) in [5.41, 5.74) is 15.8. The fourth-order valence-electron chi connectivity index (χ4n) is 2.25. The summed E-state index contributed by atoms with van der Waals surface area (Å²) >= 11 is 0. The number of aliphatic carboxylic acids is 1. The molecule has 0 aromatic heterocycles. The van der Waals surface area contributed by atoms with Gasteiger partial charge in [-0.05, 0) is 18.8 Å². The minimum absolute atomic E-state index is 0.0998. The third-order valence-electron chi connectivity index (χ3n) is 3.99. The first-order chi connectivity index (χ1) is 13.1. The van der Waals surface area contributed by atoms with Crippen LogP contribution in [0.5, 0.6) is 0 Å². The van der Waals surface area contributed by atoms with Crippen LogP contribution >= 0.6 is 0 Å². The number of rotatable bonds is 13. The Balaban J connectivity index is 5.18. The van der Waals surface area contributed by atoms with Gasteiger partial charge in [0, 0.05) is 6.54 Å². The third-order valence-corrected chi connectivity index (χ3v) is 3.99. The van der Waals surface area contributed by atoms with Crippen LogP contribution in [0.2, 0.25) is 0 Å². The van der Waals surface area contributed by atoms with E-state index >= 15 is 0 Å². The van der Waals surface area contributed by atoms with Gasteiger partial charge in [-0.1, -0.05) is 20.3 Å². The molecule has 10 N–H and O–H groups in total.